The lowest BCUT2D eigenvalue weighted by Gasteiger charge is -2.17. The molecule has 0 nitrogen and oxygen atoms in total. The standard InChI is InChI=1S/C56H36/c1-2-14-39(15-3-1)53-33-41-18-6-7-19-42(41)34-54(53)45-28-30-52-49-29-27-43(48-22-10-11-23-50(48)51-24-12-20-38-16-8-9-21-47(38)51)32-46(49)36-55(56(52)35-45)44-26-25-37-13-4-5-17-40(37)31-44/h1-36H. The van der Waals surface area contributed by atoms with E-state index in [-0.39, 0.29) is 0 Å². The first kappa shape index (κ1) is 32.2. The third kappa shape index (κ3) is 5.46. The maximum Gasteiger partial charge on any atom is -0.00928 e. The summed E-state index contributed by atoms with van der Waals surface area (Å²) in [4.78, 5) is 0. The third-order valence-electron chi connectivity index (χ3n) is 11.6. The van der Waals surface area contributed by atoms with Gasteiger partial charge in [-0.05, 0) is 146 Å². The fourth-order valence-corrected chi connectivity index (χ4v) is 8.86. The Hall–Kier alpha value is -7.28. The Morgan fingerprint density at radius 3 is 1.45 bits per heavy atom. The summed E-state index contributed by atoms with van der Waals surface area (Å²) in [5.74, 6) is 0. The van der Waals surface area contributed by atoms with Crippen molar-refractivity contribution in [2.75, 3.05) is 0 Å². The number of fused-ring (bicyclic) bond motifs is 6. The number of rotatable bonds is 5. The molecule has 56 heavy (non-hydrogen) atoms. The second kappa shape index (κ2) is 13.2. The molecule has 11 rings (SSSR count). The SMILES string of the molecule is c1ccc(-c2cc3ccccc3cc2-c2ccc3c(c2)c(-c2ccc4ccccc4c2)cc2cc(-c4ccccc4-c4cccc5ccccc45)ccc23)cc1. The Balaban J connectivity index is 1.15. The molecule has 0 saturated carbocycles. The Morgan fingerprint density at radius 1 is 0.161 bits per heavy atom. The van der Waals surface area contributed by atoms with E-state index in [4.69, 9.17) is 0 Å². The second-order valence-electron chi connectivity index (χ2n) is 14.9. The molecule has 260 valence electrons. The van der Waals surface area contributed by atoms with Crippen LogP contribution in [0.25, 0.3) is 109 Å². The molecular formula is C56H36. The van der Waals surface area contributed by atoms with Gasteiger partial charge < -0.3 is 0 Å². The zero-order valence-electron chi connectivity index (χ0n) is 30.8. The van der Waals surface area contributed by atoms with Gasteiger partial charge in [-0.3, -0.25) is 0 Å². The zero-order chi connectivity index (χ0) is 37.0. The van der Waals surface area contributed by atoms with Gasteiger partial charge in [0.15, 0.2) is 0 Å². The van der Waals surface area contributed by atoms with Crippen LogP contribution in [0, 0.1) is 0 Å². The smallest absolute Gasteiger partial charge is 0.00928 e. The van der Waals surface area contributed by atoms with Crippen molar-refractivity contribution in [1.82, 2.24) is 0 Å². The first-order chi connectivity index (χ1) is 27.7. The Labute approximate surface area is 326 Å². The molecule has 0 fully saturated rings. The van der Waals surface area contributed by atoms with Crippen LogP contribution in [-0.4, -0.2) is 0 Å². The molecule has 0 spiro atoms. The minimum atomic E-state index is 1.21. The Morgan fingerprint density at radius 2 is 0.661 bits per heavy atom. The molecule has 11 aromatic carbocycles. The van der Waals surface area contributed by atoms with Crippen LogP contribution in [0.1, 0.15) is 0 Å². The quantitative estimate of drug-likeness (QED) is 0.156. The fourth-order valence-electron chi connectivity index (χ4n) is 8.86. The summed E-state index contributed by atoms with van der Waals surface area (Å²) in [5.41, 5.74) is 12.3. The average Bonchev–Trinajstić information content (AvgIpc) is 3.28. The van der Waals surface area contributed by atoms with Gasteiger partial charge in [0.2, 0.25) is 0 Å². The highest BCUT2D eigenvalue weighted by Gasteiger charge is 2.16. The van der Waals surface area contributed by atoms with Gasteiger partial charge in [0.05, 0.1) is 0 Å². The van der Waals surface area contributed by atoms with Gasteiger partial charge >= 0.3 is 0 Å². The Kier molecular flexibility index (Phi) is 7.60. The summed E-state index contributed by atoms with van der Waals surface area (Å²) in [5, 5.41) is 12.5. The van der Waals surface area contributed by atoms with Crippen molar-refractivity contribution in [2.24, 2.45) is 0 Å². The molecule has 0 unspecified atom stereocenters. The average molecular weight is 709 g/mol. The fraction of sp³-hybridized carbons (Fsp3) is 0. The van der Waals surface area contributed by atoms with E-state index in [0.717, 1.165) is 0 Å². The van der Waals surface area contributed by atoms with Crippen molar-refractivity contribution >= 4 is 53.9 Å². The lowest BCUT2D eigenvalue weighted by Crippen LogP contribution is -1.91. The van der Waals surface area contributed by atoms with Crippen LogP contribution in [0.4, 0.5) is 0 Å². The van der Waals surface area contributed by atoms with E-state index in [1.54, 1.807) is 0 Å². The lowest BCUT2D eigenvalue weighted by molar-refractivity contribution is 1.61. The van der Waals surface area contributed by atoms with E-state index >= 15 is 0 Å². The summed E-state index contributed by atoms with van der Waals surface area (Å²) >= 11 is 0. The molecule has 11 aromatic rings. The molecule has 0 aliphatic heterocycles. The van der Waals surface area contributed by atoms with Crippen LogP contribution >= 0.6 is 0 Å². The predicted molar refractivity (Wildman–Crippen MR) is 241 cm³/mol. The molecule has 0 heteroatoms. The largest absolute Gasteiger partial charge is 0.0622 e. The van der Waals surface area contributed by atoms with Gasteiger partial charge in [-0.25, -0.2) is 0 Å². The first-order valence-corrected chi connectivity index (χ1v) is 19.4. The first-order valence-electron chi connectivity index (χ1n) is 19.4. The third-order valence-corrected chi connectivity index (χ3v) is 11.6. The molecule has 0 aliphatic carbocycles. The molecule has 0 aromatic heterocycles. The molecule has 0 bridgehead atoms. The van der Waals surface area contributed by atoms with Gasteiger partial charge in [0, 0.05) is 0 Å². The second-order valence-corrected chi connectivity index (χ2v) is 14.9. The molecule has 0 heterocycles. The molecular weight excluding hydrogens is 673 g/mol. The van der Waals surface area contributed by atoms with E-state index in [0.29, 0.717) is 0 Å². The van der Waals surface area contributed by atoms with Crippen molar-refractivity contribution < 1.29 is 0 Å². The summed E-state index contributed by atoms with van der Waals surface area (Å²) in [6.45, 7) is 0. The number of hydrogen-bond donors (Lipinski definition) is 0. The maximum atomic E-state index is 2.43. The topological polar surface area (TPSA) is 0 Å². The minimum absolute atomic E-state index is 1.21. The summed E-state index contributed by atoms with van der Waals surface area (Å²) < 4.78 is 0. The Bertz CT molecular complexity index is 3290. The summed E-state index contributed by atoms with van der Waals surface area (Å²) in [7, 11) is 0. The predicted octanol–water partition coefficient (Wildman–Crippen LogP) is 15.8. The van der Waals surface area contributed by atoms with Crippen LogP contribution in [0.5, 0.6) is 0 Å². The number of benzene rings is 11. The molecule has 0 atom stereocenters. The van der Waals surface area contributed by atoms with Crippen LogP contribution in [0.3, 0.4) is 0 Å². The molecule has 0 saturated heterocycles. The van der Waals surface area contributed by atoms with Crippen molar-refractivity contribution in [3.8, 4) is 55.6 Å². The van der Waals surface area contributed by atoms with E-state index in [2.05, 4.69) is 218 Å². The summed E-state index contributed by atoms with van der Waals surface area (Å²) in [6, 6.07) is 80.5. The van der Waals surface area contributed by atoms with E-state index in [9.17, 15) is 0 Å². The van der Waals surface area contributed by atoms with E-state index in [1.807, 2.05) is 0 Å². The van der Waals surface area contributed by atoms with Crippen molar-refractivity contribution in [3.05, 3.63) is 218 Å². The highest BCUT2D eigenvalue weighted by molar-refractivity contribution is 6.16. The van der Waals surface area contributed by atoms with E-state index in [1.165, 1.54) is 109 Å². The van der Waals surface area contributed by atoms with Crippen LogP contribution < -0.4 is 0 Å². The highest BCUT2D eigenvalue weighted by atomic mass is 14.2. The molecule has 0 N–H and O–H groups in total. The lowest BCUT2D eigenvalue weighted by atomic mass is 9.86. The van der Waals surface area contributed by atoms with Gasteiger partial charge in [-0.2, -0.15) is 0 Å². The van der Waals surface area contributed by atoms with Crippen LogP contribution in [-0.2, 0) is 0 Å². The monoisotopic (exact) mass is 708 g/mol. The molecule has 0 amide bonds. The van der Waals surface area contributed by atoms with Gasteiger partial charge in [0.1, 0.15) is 0 Å². The highest BCUT2D eigenvalue weighted by Crippen LogP contribution is 2.43. The van der Waals surface area contributed by atoms with Crippen molar-refractivity contribution in [2.45, 2.75) is 0 Å². The minimum Gasteiger partial charge on any atom is -0.0622 e. The van der Waals surface area contributed by atoms with Crippen LogP contribution in [0.2, 0.25) is 0 Å². The summed E-state index contributed by atoms with van der Waals surface area (Å²) in [6.07, 6.45) is 0. The van der Waals surface area contributed by atoms with Crippen LogP contribution in [0.15, 0.2) is 218 Å². The normalized spacial score (nSPS) is 11.6. The zero-order valence-corrected chi connectivity index (χ0v) is 30.8. The van der Waals surface area contributed by atoms with Gasteiger partial charge in [-0.1, -0.05) is 182 Å². The van der Waals surface area contributed by atoms with Gasteiger partial charge in [-0.15, -0.1) is 0 Å². The van der Waals surface area contributed by atoms with Crippen molar-refractivity contribution in [1.29, 1.82) is 0 Å². The van der Waals surface area contributed by atoms with Crippen molar-refractivity contribution in [3.63, 3.8) is 0 Å². The maximum absolute atomic E-state index is 2.43. The number of hydrogen-bond acceptors (Lipinski definition) is 0. The molecule has 0 aliphatic rings. The molecule has 0 radical (unpaired) electrons. The van der Waals surface area contributed by atoms with E-state index < -0.39 is 0 Å². The van der Waals surface area contributed by atoms with Gasteiger partial charge in [0.25, 0.3) is 0 Å².